The van der Waals surface area contributed by atoms with Crippen molar-refractivity contribution in [1.82, 2.24) is 19.9 Å². The maximum absolute atomic E-state index is 6.30. The van der Waals surface area contributed by atoms with Crippen molar-refractivity contribution in [3.05, 3.63) is 59.9 Å². The number of rotatable bonds is 0. The monoisotopic (exact) mass is 388 g/mol. The molecule has 0 spiro atoms. The Balaban J connectivity index is 1.73. The molecule has 0 unspecified atom stereocenters. The Morgan fingerprint density at radius 1 is 0.714 bits per heavy atom. The van der Waals surface area contributed by atoms with Crippen LogP contribution in [0, 0.1) is 0 Å². The summed E-state index contributed by atoms with van der Waals surface area (Å²) in [5.74, 6) is 0. The normalized spacial score (nSPS) is 16.5. The van der Waals surface area contributed by atoms with Crippen LogP contribution in [-0.2, 0) is 0 Å². The zero-order chi connectivity index (χ0) is 18.9. The summed E-state index contributed by atoms with van der Waals surface area (Å²) in [6, 6.07) is 15.8. The molecule has 0 saturated heterocycles. The molecule has 0 atom stereocenters. The fraction of sp³-hybridized carbons (Fsp3) is 0.143. The van der Waals surface area contributed by atoms with Crippen LogP contribution in [0.2, 0.25) is 0 Å². The van der Waals surface area contributed by atoms with Gasteiger partial charge in [-0.25, -0.2) is 9.97 Å². The van der Waals surface area contributed by atoms with Gasteiger partial charge < -0.3 is 9.97 Å². The molecule has 1 aliphatic heterocycles. The van der Waals surface area contributed by atoms with E-state index < -0.39 is 0 Å². The second-order valence-electron chi connectivity index (χ2n) is 6.65. The highest BCUT2D eigenvalue weighted by atomic mass is 35.5. The van der Waals surface area contributed by atoms with Crippen molar-refractivity contribution in [2.24, 2.45) is 9.98 Å². The molecule has 0 saturated carbocycles. The van der Waals surface area contributed by atoms with Crippen molar-refractivity contribution in [2.45, 2.75) is 5.38 Å². The molecule has 4 heterocycles. The first-order valence-electron chi connectivity index (χ1n) is 9.05. The molecule has 4 bridgehead atoms. The summed E-state index contributed by atoms with van der Waals surface area (Å²) in [5.41, 5.74) is 6.83. The SMILES string of the molecule is ClC1CN=Cc2ccc([nH]2)-c2nc3ccccc3nc2-c2ccc([nH]2)C=NC1. The van der Waals surface area contributed by atoms with Crippen LogP contribution >= 0.6 is 11.6 Å². The van der Waals surface area contributed by atoms with Crippen LogP contribution in [0.25, 0.3) is 33.8 Å². The highest BCUT2D eigenvalue weighted by molar-refractivity contribution is 6.21. The molecule has 7 heteroatoms. The Morgan fingerprint density at radius 3 is 1.71 bits per heavy atom. The van der Waals surface area contributed by atoms with E-state index in [1.165, 1.54) is 0 Å². The summed E-state index contributed by atoms with van der Waals surface area (Å²) in [6.07, 6.45) is 3.59. The van der Waals surface area contributed by atoms with Gasteiger partial charge in [0.15, 0.2) is 0 Å². The van der Waals surface area contributed by atoms with Gasteiger partial charge in [-0.3, -0.25) is 9.98 Å². The zero-order valence-corrected chi connectivity index (χ0v) is 15.7. The lowest BCUT2D eigenvalue weighted by Gasteiger charge is -2.08. The maximum Gasteiger partial charge on any atom is 0.115 e. The summed E-state index contributed by atoms with van der Waals surface area (Å²) in [4.78, 5) is 25.4. The smallest absolute Gasteiger partial charge is 0.115 e. The molecule has 2 N–H and O–H groups in total. The lowest BCUT2D eigenvalue weighted by Crippen LogP contribution is -2.08. The van der Waals surface area contributed by atoms with E-state index in [0.29, 0.717) is 13.1 Å². The summed E-state index contributed by atoms with van der Waals surface area (Å²) < 4.78 is 0. The van der Waals surface area contributed by atoms with Gasteiger partial charge in [0, 0.05) is 12.4 Å². The van der Waals surface area contributed by atoms with Gasteiger partial charge >= 0.3 is 0 Å². The summed E-state index contributed by atoms with van der Waals surface area (Å²) in [7, 11) is 0. The number of nitrogens with zero attached hydrogens (tertiary/aromatic N) is 4. The van der Waals surface area contributed by atoms with Gasteiger partial charge in [-0.2, -0.15) is 0 Å². The van der Waals surface area contributed by atoms with Crippen LogP contribution in [0.4, 0.5) is 0 Å². The lowest BCUT2D eigenvalue weighted by atomic mass is 10.1. The molecule has 3 aromatic heterocycles. The summed E-state index contributed by atoms with van der Waals surface area (Å²) in [5, 5.41) is -0.146. The molecule has 0 aliphatic carbocycles. The van der Waals surface area contributed by atoms with Crippen LogP contribution in [-0.4, -0.2) is 50.8 Å². The molecule has 5 rings (SSSR count). The minimum absolute atomic E-state index is 0.146. The number of hydrogen-bond acceptors (Lipinski definition) is 4. The molecule has 0 radical (unpaired) electrons. The molecule has 138 valence electrons. The Kier molecular flexibility index (Phi) is 4.25. The van der Waals surface area contributed by atoms with E-state index in [1.54, 1.807) is 12.4 Å². The minimum atomic E-state index is -0.146. The van der Waals surface area contributed by atoms with Crippen molar-refractivity contribution in [1.29, 1.82) is 0 Å². The van der Waals surface area contributed by atoms with Gasteiger partial charge in [0.25, 0.3) is 0 Å². The highest BCUT2D eigenvalue weighted by Gasteiger charge is 2.16. The second kappa shape index (κ2) is 7.05. The number of fused-ring (bicyclic) bond motifs is 8. The number of nitrogens with one attached hydrogen (secondary N) is 2. The van der Waals surface area contributed by atoms with E-state index in [-0.39, 0.29) is 5.38 Å². The third-order valence-corrected chi connectivity index (χ3v) is 4.84. The lowest BCUT2D eigenvalue weighted by molar-refractivity contribution is 0.859. The molecule has 0 amide bonds. The van der Waals surface area contributed by atoms with E-state index in [2.05, 4.69) is 20.0 Å². The van der Waals surface area contributed by atoms with Crippen LogP contribution in [0.5, 0.6) is 0 Å². The van der Waals surface area contributed by atoms with Crippen LogP contribution in [0.15, 0.2) is 58.5 Å². The van der Waals surface area contributed by atoms with E-state index in [9.17, 15) is 0 Å². The number of benzene rings is 1. The van der Waals surface area contributed by atoms with Gasteiger partial charge in [0.1, 0.15) is 11.4 Å². The van der Waals surface area contributed by atoms with E-state index in [0.717, 1.165) is 45.2 Å². The van der Waals surface area contributed by atoms with E-state index >= 15 is 0 Å². The standard InChI is InChI=1S/C21H17ClN6/c22-13-9-23-11-14-5-7-18(25-14)20-21(19-8-6-15(26-19)12-24-10-13)28-17-4-2-1-3-16(17)27-20/h1-8,11-13,25-26H,9-10H2. The van der Waals surface area contributed by atoms with Gasteiger partial charge in [-0.05, 0) is 36.4 Å². The molecule has 28 heavy (non-hydrogen) atoms. The number of alkyl halides is 1. The number of halogens is 1. The van der Waals surface area contributed by atoms with Crippen molar-refractivity contribution < 1.29 is 0 Å². The van der Waals surface area contributed by atoms with Crippen molar-refractivity contribution in [3.8, 4) is 22.8 Å². The predicted molar refractivity (Wildman–Crippen MR) is 114 cm³/mol. The first kappa shape index (κ1) is 16.9. The molecule has 1 aliphatic rings. The van der Waals surface area contributed by atoms with Gasteiger partial charge in [-0.1, -0.05) is 12.1 Å². The third kappa shape index (κ3) is 3.23. The molecule has 4 aromatic rings. The summed E-state index contributed by atoms with van der Waals surface area (Å²) >= 11 is 6.30. The molecule has 0 fully saturated rings. The summed E-state index contributed by atoms with van der Waals surface area (Å²) in [6.45, 7) is 1.01. The van der Waals surface area contributed by atoms with Gasteiger partial charge in [-0.15, -0.1) is 11.6 Å². The zero-order valence-electron chi connectivity index (χ0n) is 14.9. The fourth-order valence-electron chi connectivity index (χ4n) is 3.22. The van der Waals surface area contributed by atoms with Crippen LogP contribution in [0.1, 0.15) is 11.4 Å². The first-order chi connectivity index (χ1) is 13.8. The predicted octanol–water partition coefficient (Wildman–Crippen LogP) is 4.08. The number of aromatic amines is 2. The quantitative estimate of drug-likeness (QED) is 0.445. The maximum atomic E-state index is 6.30. The first-order valence-corrected chi connectivity index (χ1v) is 9.49. The Hall–Kier alpha value is -3.25. The van der Waals surface area contributed by atoms with Crippen LogP contribution < -0.4 is 0 Å². The Morgan fingerprint density at radius 2 is 1.21 bits per heavy atom. The number of para-hydroxylation sites is 2. The van der Waals surface area contributed by atoms with Gasteiger partial charge in [0.05, 0.1) is 52.3 Å². The van der Waals surface area contributed by atoms with Crippen molar-refractivity contribution in [2.75, 3.05) is 13.1 Å². The average molecular weight is 389 g/mol. The molecule has 6 nitrogen and oxygen atoms in total. The van der Waals surface area contributed by atoms with Crippen LogP contribution in [0.3, 0.4) is 0 Å². The fourth-order valence-corrected chi connectivity index (χ4v) is 3.37. The third-order valence-electron chi connectivity index (χ3n) is 4.57. The van der Waals surface area contributed by atoms with Crippen molar-refractivity contribution >= 4 is 35.1 Å². The average Bonchev–Trinajstić information content (AvgIpc) is 3.36. The highest BCUT2D eigenvalue weighted by Crippen LogP contribution is 2.30. The molecule has 1 aromatic carbocycles. The number of aromatic nitrogens is 4. The largest absolute Gasteiger partial charge is 0.352 e. The van der Waals surface area contributed by atoms with E-state index in [4.69, 9.17) is 21.6 Å². The van der Waals surface area contributed by atoms with E-state index in [1.807, 2.05) is 48.5 Å². The topological polar surface area (TPSA) is 82.1 Å². The molecular weight excluding hydrogens is 372 g/mol. The van der Waals surface area contributed by atoms with Crippen molar-refractivity contribution in [3.63, 3.8) is 0 Å². The number of hydrogen-bond donors (Lipinski definition) is 2. The Labute approximate surface area is 166 Å². The molecular formula is C21H17ClN6. The number of H-pyrrole nitrogens is 2. The van der Waals surface area contributed by atoms with Gasteiger partial charge in [0.2, 0.25) is 0 Å². The number of aliphatic imine (C=N–C) groups is 2. The second-order valence-corrected chi connectivity index (χ2v) is 7.27. The minimum Gasteiger partial charge on any atom is -0.352 e. The Bertz CT molecular complexity index is 1110.